The summed E-state index contributed by atoms with van der Waals surface area (Å²) in [6.07, 6.45) is -1.19. The third-order valence-electron chi connectivity index (χ3n) is 4.33. The molecular formula is C18H23F3N2O3. The van der Waals surface area contributed by atoms with Crippen LogP contribution in [0.25, 0.3) is 0 Å². The molecule has 0 spiro atoms. The van der Waals surface area contributed by atoms with E-state index < -0.39 is 11.7 Å². The summed E-state index contributed by atoms with van der Waals surface area (Å²) >= 11 is 0. The Hall–Kier alpha value is -2.09. The summed E-state index contributed by atoms with van der Waals surface area (Å²) in [5.74, 6) is -0.423. The Labute approximate surface area is 150 Å². The summed E-state index contributed by atoms with van der Waals surface area (Å²) in [6, 6.07) is 4.52. The number of halogens is 3. The fourth-order valence-corrected chi connectivity index (χ4v) is 3.13. The van der Waals surface area contributed by atoms with Crippen molar-refractivity contribution in [3.63, 3.8) is 0 Å². The smallest absolute Gasteiger partial charge is 0.375 e. The van der Waals surface area contributed by atoms with Gasteiger partial charge in [-0.1, -0.05) is 12.1 Å². The molecule has 26 heavy (non-hydrogen) atoms. The van der Waals surface area contributed by atoms with E-state index in [-0.39, 0.29) is 36.9 Å². The summed E-state index contributed by atoms with van der Waals surface area (Å²) in [5.41, 5.74) is -0.208. The lowest BCUT2D eigenvalue weighted by molar-refractivity contribution is -0.137. The van der Waals surface area contributed by atoms with Gasteiger partial charge < -0.3 is 15.4 Å². The number of amides is 2. The van der Waals surface area contributed by atoms with E-state index in [0.717, 1.165) is 31.4 Å². The molecule has 0 heterocycles. The molecule has 1 saturated carbocycles. The van der Waals surface area contributed by atoms with E-state index in [2.05, 4.69) is 10.6 Å². The quantitative estimate of drug-likeness (QED) is 0.806. The number of carbonyl (C=O) groups is 2. The molecule has 0 bridgehead atoms. The minimum absolute atomic E-state index is 0.00144. The highest BCUT2D eigenvalue weighted by atomic mass is 19.4. The number of ether oxygens (including phenoxy) is 1. The summed E-state index contributed by atoms with van der Waals surface area (Å²) in [4.78, 5) is 23.7. The van der Waals surface area contributed by atoms with Crippen molar-refractivity contribution in [3.05, 3.63) is 35.4 Å². The van der Waals surface area contributed by atoms with Gasteiger partial charge in [0.2, 0.25) is 11.8 Å². The van der Waals surface area contributed by atoms with Gasteiger partial charge in [-0.25, -0.2) is 0 Å². The molecular weight excluding hydrogens is 349 g/mol. The van der Waals surface area contributed by atoms with Crippen LogP contribution in [0.15, 0.2) is 24.3 Å². The zero-order chi connectivity index (χ0) is 19.2. The predicted octanol–water partition coefficient (Wildman–Crippen LogP) is 2.44. The van der Waals surface area contributed by atoms with E-state index in [1.54, 1.807) is 0 Å². The molecule has 0 aromatic heterocycles. The van der Waals surface area contributed by atoms with E-state index in [4.69, 9.17) is 4.74 Å². The molecule has 2 amide bonds. The molecule has 0 aliphatic heterocycles. The summed E-state index contributed by atoms with van der Waals surface area (Å²) < 4.78 is 42.4. The third kappa shape index (κ3) is 6.33. The van der Waals surface area contributed by atoms with Crippen molar-refractivity contribution in [2.75, 3.05) is 13.7 Å². The molecule has 0 unspecified atom stereocenters. The van der Waals surface area contributed by atoms with Crippen molar-refractivity contribution in [2.45, 2.75) is 50.4 Å². The maximum Gasteiger partial charge on any atom is 0.416 e. The number of nitrogens with one attached hydrogen (secondary N) is 2. The molecule has 0 saturated heterocycles. The first-order valence-electron chi connectivity index (χ1n) is 8.51. The molecule has 1 aliphatic rings. The van der Waals surface area contributed by atoms with Gasteiger partial charge >= 0.3 is 6.18 Å². The van der Waals surface area contributed by atoms with Crippen LogP contribution in [-0.4, -0.2) is 37.6 Å². The molecule has 1 aromatic rings. The highest BCUT2D eigenvalue weighted by molar-refractivity contribution is 5.79. The van der Waals surface area contributed by atoms with Gasteiger partial charge in [0.05, 0.1) is 12.0 Å². The molecule has 1 aromatic carbocycles. The summed E-state index contributed by atoms with van der Waals surface area (Å²) in [7, 11) is 1.45. The van der Waals surface area contributed by atoms with Crippen LogP contribution in [0, 0.1) is 0 Å². The van der Waals surface area contributed by atoms with Gasteiger partial charge in [0, 0.05) is 19.2 Å². The second-order valence-corrected chi connectivity index (χ2v) is 6.50. The fraction of sp³-hybridized carbons (Fsp3) is 0.556. The minimum Gasteiger partial charge on any atom is -0.375 e. The van der Waals surface area contributed by atoms with Crippen LogP contribution in [0.2, 0.25) is 0 Å². The summed E-state index contributed by atoms with van der Waals surface area (Å²) in [5, 5.41) is 5.77. The Morgan fingerprint density at radius 3 is 2.19 bits per heavy atom. The molecule has 2 atom stereocenters. The van der Waals surface area contributed by atoms with Gasteiger partial charge in [-0.05, 0) is 43.4 Å². The average Bonchev–Trinajstić information content (AvgIpc) is 2.55. The number of alkyl halides is 3. The van der Waals surface area contributed by atoms with Gasteiger partial charge in [-0.3, -0.25) is 9.59 Å². The van der Waals surface area contributed by atoms with E-state index >= 15 is 0 Å². The molecule has 1 fully saturated rings. The van der Waals surface area contributed by atoms with Crippen molar-refractivity contribution in [2.24, 2.45) is 0 Å². The van der Waals surface area contributed by atoms with Gasteiger partial charge in [-0.15, -0.1) is 0 Å². The van der Waals surface area contributed by atoms with Gasteiger partial charge in [0.15, 0.2) is 0 Å². The third-order valence-corrected chi connectivity index (χ3v) is 4.33. The molecule has 2 rings (SSSR count). The maximum atomic E-state index is 12.5. The van der Waals surface area contributed by atoms with Crippen molar-refractivity contribution in [3.8, 4) is 0 Å². The monoisotopic (exact) mass is 372 g/mol. The molecule has 0 radical (unpaired) electrons. The van der Waals surface area contributed by atoms with Crippen molar-refractivity contribution < 1.29 is 27.5 Å². The van der Waals surface area contributed by atoms with E-state index in [9.17, 15) is 22.8 Å². The Bertz CT molecular complexity index is 617. The van der Waals surface area contributed by atoms with Gasteiger partial charge in [0.25, 0.3) is 0 Å². The Kier molecular flexibility index (Phi) is 7.02. The van der Waals surface area contributed by atoms with Crippen molar-refractivity contribution in [1.82, 2.24) is 10.6 Å². The van der Waals surface area contributed by atoms with Crippen LogP contribution in [-0.2, 0) is 26.9 Å². The number of benzene rings is 1. The van der Waals surface area contributed by atoms with Crippen LogP contribution in [0.5, 0.6) is 0 Å². The zero-order valence-corrected chi connectivity index (χ0v) is 14.6. The molecule has 5 nitrogen and oxygen atoms in total. The first kappa shape index (κ1) is 20.2. The standard InChI is InChI=1S/C18H23F3N2O3/c1-26-11-17(25)23-15-4-2-3-14(10-15)22-16(24)9-12-5-7-13(8-6-12)18(19,20)21/h5-8,14-15H,2-4,9-11H2,1H3,(H,22,24)(H,23,25)/t14-,15-/m1/s1. The van der Waals surface area contributed by atoms with Crippen LogP contribution < -0.4 is 10.6 Å². The zero-order valence-electron chi connectivity index (χ0n) is 14.6. The van der Waals surface area contributed by atoms with Gasteiger partial charge in [-0.2, -0.15) is 13.2 Å². The number of methoxy groups -OCH3 is 1. The topological polar surface area (TPSA) is 67.4 Å². The second-order valence-electron chi connectivity index (χ2n) is 6.50. The molecule has 8 heteroatoms. The van der Waals surface area contributed by atoms with Crippen molar-refractivity contribution >= 4 is 11.8 Å². The molecule has 2 N–H and O–H groups in total. The summed E-state index contributed by atoms with van der Waals surface area (Å²) in [6.45, 7) is 0.00144. The number of rotatable bonds is 6. The van der Waals surface area contributed by atoms with Crippen molar-refractivity contribution in [1.29, 1.82) is 0 Å². The van der Waals surface area contributed by atoms with Crippen LogP contribution in [0.1, 0.15) is 36.8 Å². The molecule has 1 aliphatic carbocycles. The van der Waals surface area contributed by atoms with E-state index in [1.165, 1.54) is 19.2 Å². The lowest BCUT2D eigenvalue weighted by Crippen LogP contribution is -2.46. The lowest BCUT2D eigenvalue weighted by atomic mass is 9.90. The van der Waals surface area contributed by atoms with Crippen LogP contribution >= 0.6 is 0 Å². The Morgan fingerprint density at radius 2 is 1.65 bits per heavy atom. The first-order valence-corrected chi connectivity index (χ1v) is 8.51. The Balaban J connectivity index is 1.82. The van der Waals surface area contributed by atoms with Crippen LogP contribution in [0.4, 0.5) is 13.2 Å². The number of hydrogen-bond donors (Lipinski definition) is 2. The fourth-order valence-electron chi connectivity index (χ4n) is 3.13. The highest BCUT2D eigenvalue weighted by Gasteiger charge is 2.30. The maximum absolute atomic E-state index is 12.5. The number of hydrogen-bond acceptors (Lipinski definition) is 3. The average molecular weight is 372 g/mol. The SMILES string of the molecule is COCC(=O)N[C@@H]1CCC[C@@H](NC(=O)Cc2ccc(C(F)(F)F)cc2)C1. The second kappa shape index (κ2) is 9.02. The van der Waals surface area contributed by atoms with Crippen LogP contribution in [0.3, 0.4) is 0 Å². The largest absolute Gasteiger partial charge is 0.416 e. The van der Waals surface area contributed by atoms with E-state index in [0.29, 0.717) is 12.0 Å². The van der Waals surface area contributed by atoms with E-state index in [1.807, 2.05) is 0 Å². The normalized spacial score (nSPS) is 20.5. The predicted molar refractivity (Wildman–Crippen MR) is 89.4 cm³/mol. The molecule has 144 valence electrons. The number of carbonyl (C=O) groups excluding carboxylic acids is 2. The minimum atomic E-state index is -4.38. The Morgan fingerprint density at radius 1 is 1.08 bits per heavy atom. The highest BCUT2D eigenvalue weighted by Crippen LogP contribution is 2.29. The first-order chi connectivity index (χ1) is 12.3. The lowest BCUT2D eigenvalue weighted by Gasteiger charge is -2.30. The van der Waals surface area contributed by atoms with Gasteiger partial charge in [0.1, 0.15) is 6.61 Å².